The molecule has 2 aliphatic heterocycles. The van der Waals surface area contributed by atoms with E-state index in [1.54, 1.807) is 13.2 Å². The first-order chi connectivity index (χ1) is 12.3. The summed E-state index contributed by atoms with van der Waals surface area (Å²) >= 11 is 0. The van der Waals surface area contributed by atoms with Crippen LogP contribution in [0.1, 0.15) is 5.56 Å². The van der Waals surface area contributed by atoms with Crippen molar-refractivity contribution in [1.82, 2.24) is 10.2 Å². The Morgan fingerprint density at radius 1 is 1.35 bits per heavy atom. The van der Waals surface area contributed by atoms with Crippen LogP contribution >= 0.6 is 0 Å². The van der Waals surface area contributed by atoms with Crippen LogP contribution in [0.15, 0.2) is 35.1 Å². The number of ether oxygens (including phenoxy) is 1. The van der Waals surface area contributed by atoms with Gasteiger partial charge in [0.05, 0.1) is 23.8 Å². The molecular weight excluding hydrogens is 338 g/mol. The summed E-state index contributed by atoms with van der Waals surface area (Å²) in [6, 6.07) is 5.65. The van der Waals surface area contributed by atoms with Gasteiger partial charge < -0.3 is 25.6 Å². The molecule has 0 bridgehead atoms. The first-order valence-electron chi connectivity index (χ1n) is 8.23. The minimum absolute atomic E-state index is 0.235. The Kier molecular flexibility index (Phi) is 4.70. The molecule has 2 heterocycles. The maximum absolute atomic E-state index is 10.9. The molecule has 1 fully saturated rings. The van der Waals surface area contributed by atoms with Gasteiger partial charge in [0.1, 0.15) is 5.75 Å². The topological polar surface area (TPSA) is 135 Å². The molecule has 2 aliphatic rings. The number of aliphatic imine (C=N–C) groups is 1. The molecule has 140 valence electrons. The van der Waals surface area contributed by atoms with E-state index in [0.717, 1.165) is 38.1 Å². The van der Waals surface area contributed by atoms with Gasteiger partial charge in [0.25, 0.3) is 0 Å². The number of nitrogens with one attached hydrogen (secondary N) is 1. The molecular formula is C16H23N7O3. The van der Waals surface area contributed by atoms with Crippen molar-refractivity contribution in [2.75, 3.05) is 45.2 Å². The third kappa shape index (κ3) is 3.28. The average Bonchev–Trinajstić information content (AvgIpc) is 2.61. The molecule has 0 aliphatic carbocycles. The molecule has 0 radical (unpaired) electrons. The monoisotopic (exact) mass is 361 g/mol. The Hall–Kier alpha value is -2.85. The van der Waals surface area contributed by atoms with Crippen molar-refractivity contribution in [2.45, 2.75) is 5.79 Å². The van der Waals surface area contributed by atoms with Gasteiger partial charge in [0.2, 0.25) is 11.6 Å². The summed E-state index contributed by atoms with van der Waals surface area (Å²) in [6.07, 6.45) is 1.16. The number of hydrogen-bond donors (Lipinski definition) is 3. The van der Waals surface area contributed by atoms with Gasteiger partial charge in [-0.15, -0.1) is 0 Å². The first-order valence-corrected chi connectivity index (χ1v) is 8.23. The van der Waals surface area contributed by atoms with Crippen molar-refractivity contribution in [2.24, 2.45) is 16.5 Å². The van der Waals surface area contributed by atoms with Crippen molar-refractivity contribution in [3.63, 3.8) is 0 Å². The number of methoxy groups -OCH3 is 1. The van der Waals surface area contributed by atoms with Crippen molar-refractivity contribution >= 4 is 11.5 Å². The lowest BCUT2D eigenvalue weighted by Crippen LogP contribution is -2.51. The number of rotatable bonds is 4. The quantitative estimate of drug-likeness (QED) is 0.487. The lowest BCUT2D eigenvalue weighted by atomic mass is 10.0. The van der Waals surface area contributed by atoms with Crippen LogP contribution in [0.3, 0.4) is 0 Å². The number of nitrogens with zero attached hydrogens (tertiary/aromatic N) is 4. The minimum Gasteiger partial charge on any atom is -0.496 e. The van der Waals surface area contributed by atoms with E-state index in [1.807, 2.05) is 12.1 Å². The molecule has 1 atom stereocenters. The van der Waals surface area contributed by atoms with Crippen LogP contribution in [-0.4, -0.2) is 56.0 Å². The van der Waals surface area contributed by atoms with E-state index in [0.29, 0.717) is 11.3 Å². The summed E-state index contributed by atoms with van der Waals surface area (Å²) < 4.78 is 5.50. The van der Waals surface area contributed by atoms with Gasteiger partial charge in [-0.05, 0) is 19.2 Å². The number of amidine groups is 1. The predicted molar refractivity (Wildman–Crippen MR) is 98.4 cm³/mol. The molecule has 0 spiro atoms. The maximum atomic E-state index is 10.9. The average molecular weight is 361 g/mol. The van der Waals surface area contributed by atoms with E-state index in [4.69, 9.17) is 16.2 Å². The van der Waals surface area contributed by atoms with E-state index in [9.17, 15) is 10.1 Å². The van der Waals surface area contributed by atoms with Crippen LogP contribution in [0.25, 0.3) is 0 Å². The first kappa shape index (κ1) is 18.0. The zero-order valence-electron chi connectivity index (χ0n) is 14.8. The highest BCUT2D eigenvalue weighted by molar-refractivity contribution is 5.95. The molecule has 1 unspecified atom stereocenters. The van der Waals surface area contributed by atoms with E-state index in [2.05, 4.69) is 27.2 Å². The molecule has 1 aromatic rings. The molecule has 10 nitrogen and oxygen atoms in total. The van der Waals surface area contributed by atoms with Gasteiger partial charge >= 0.3 is 5.70 Å². The molecule has 5 N–H and O–H groups in total. The third-order valence-electron chi connectivity index (χ3n) is 4.65. The van der Waals surface area contributed by atoms with E-state index >= 15 is 0 Å². The van der Waals surface area contributed by atoms with Gasteiger partial charge in [0.15, 0.2) is 0 Å². The van der Waals surface area contributed by atoms with Gasteiger partial charge in [-0.25, -0.2) is 4.99 Å². The highest BCUT2D eigenvalue weighted by Crippen LogP contribution is 2.33. The Bertz CT molecular complexity index is 771. The van der Waals surface area contributed by atoms with E-state index in [-0.39, 0.29) is 11.5 Å². The second-order valence-electron chi connectivity index (χ2n) is 6.37. The molecule has 3 rings (SSSR count). The summed E-state index contributed by atoms with van der Waals surface area (Å²) in [4.78, 5) is 19.0. The lowest BCUT2D eigenvalue weighted by molar-refractivity contribution is -0.416. The van der Waals surface area contributed by atoms with Crippen LogP contribution in [0.5, 0.6) is 5.75 Å². The Morgan fingerprint density at radius 3 is 2.62 bits per heavy atom. The van der Waals surface area contributed by atoms with Crippen LogP contribution in [0.4, 0.5) is 5.69 Å². The zero-order chi connectivity index (χ0) is 18.9. The molecule has 1 aromatic carbocycles. The van der Waals surface area contributed by atoms with Gasteiger partial charge in [-0.1, -0.05) is 0 Å². The van der Waals surface area contributed by atoms with Crippen molar-refractivity contribution in [3.05, 3.63) is 45.8 Å². The summed E-state index contributed by atoms with van der Waals surface area (Å²) in [6.45, 7) is 3.82. The van der Waals surface area contributed by atoms with Crippen LogP contribution in [0, 0.1) is 10.1 Å². The fourth-order valence-corrected chi connectivity index (χ4v) is 3.07. The second-order valence-corrected chi connectivity index (χ2v) is 6.37. The molecule has 0 amide bonds. The summed E-state index contributed by atoms with van der Waals surface area (Å²) in [5.74, 6) is -1.14. The fraction of sp³-hybridized carbons (Fsp3) is 0.438. The minimum atomic E-state index is -1.43. The van der Waals surface area contributed by atoms with Gasteiger partial charge in [-0.2, -0.15) is 0 Å². The molecule has 10 heteroatoms. The summed E-state index contributed by atoms with van der Waals surface area (Å²) in [5.41, 5.74) is 13.3. The van der Waals surface area contributed by atoms with Gasteiger partial charge in [-0.3, -0.25) is 15.8 Å². The number of piperazine rings is 1. The van der Waals surface area contributed by atoms with Crippen LogP contribution in [-0.2, 0) is 5.79 Å². The molecule has 0 saturated carbocycles. The third-order valence-corrected chi connectivity index (χ3v) is 4.65. The van der Waals surface area contributed by atoms with Crippen LogP contribution in [0.2, 0.25) is 0 Å². The lowest BCUT2D eigenvalue weighted by Gasteiger charge is -2.35. The molecule has 1 saturated heterocycles. The largest absolute Gasteiger partial charge is 0.496 e. The number of likely N-dealkylation sites (N-methyl/N-ethyl adjacent to an activating group) is 1. The molecule has 0 aromatic heterocycles. The van der Waals surface area contributed by atoms with Crippen molar-refractivity contribution in [3.8, 4) is 5.75 Å². The number of anilines is 1. The van der Waals surface area contributed by atoms with E-state index < -0.39 is 10.7 Å². The standard InChI is InChI=1S/C16H23N7O3/c1-21-5-7-22(8-6-21)11-3-4-12(14(9-11)26-2)16(18)19-10-13(23(24)25)15(17)20-16/h3-4,9-10,19H,5-8,18H2,1-2H3,(H2,17,20). The highest BCUT2D eigenvalue weighted by Gasteiger charge is 2.36. The summed E-state index contributed by atoms with van der Waals surface area (Å²) in [5, 5.41) is 13.7. The smallest absolute Gasteiger partial charge is 0.326 e. The molecule has 26 heavy (non-hydrogen) atoms. The number of nitrogens with two attached hydrogens (primary N) is 2. The number of nitro groups is 1. The highest BCUT2D eigenvalue weighted by atomic mass is 16.6. The Balaban J connectivity index is 1.90. The SMILES string of the molecule is COc1cc(N2CCN(C)CC2)ccc1C1(N)N=C(N)C([N+](=O)[O-])=CN1. The zero-order valence-corrected chi connectivity index (χ0v) is 14.8. The predicted octanol–water partition coefficient (Wildman–Crippen LogP) is -0.405. The fourth-order valence-electron chi connectivity index (χ4n) is 3.07. The second kappa shape index (κ2) is 6.81. The maximum Gasteiger partial charge on any atom is 0.326 e. The van der Waals surface area contributed by atoms with E-state index in [1.165, 1.54) is 0 Å². The number of benzene rings is 1. The normalized spacial score (nSPS) is 23.7. The van der Waals surface area contributed by atoms with Crippen molar-refractivity contribution < 1.29 is 9.66 Å². The summed E-state index contributed by atoms with van der Waals surface area (Å²) in [7, 11) is 3.65. The van der Waals surface area contributed by atoms with Crippen LogP contribution < -0.4 is 26.4 Å². The van der Waals surface area contributed by atoms with Crippen molar-refractivity contribution in [1.29, 1.82) is 0 Å². The number of hydrogen-bond acceptors (Lipinski definition) is 9. The Morgan fingerprint density at radius 2 is 2.04 bits per heavy atom. The van der Waals surface area contributed by atoms with Gasteiger partial charge in [0, 0.05) is 37.9 Å². The Labute approximate surface area is 151 Å².